The molecule has 0 atom stereocenters. The molecule has 5 rings (SSSR count). The van der Waals surface area contributed by atoms with E-state index in [2.05, 4.69) is 135 Å². The van der Waals surface area contributed by atoms with Crippen LogP contribution in [0, 0.1) is 13.8 Å². The summed E-state index contributed by atoms with van der Waals surface area (Å²) in [5, 5.41) is 21.2. The van der Waals surface area contributed by atoms with Gasteiger partial charge in [0.15, 0.2) is 0 Å². The summed E-state index contributed by atoms with van der Waals surface area (Å²) >= 11 is 0. The molecule has 3 aromatic heterocycles. The molecule has 2 aliphatic rings. The van der Waals surface area contributed by atoms with E-state index in [4.69, 9.17) is 9.97 Å². The number of H-pyrrole nitrogens is 2. The SMILES string of the molecule is CCNCCCCNCCCCNCCCCN(CC)C(=O)CCC1=C(C)c2cc3[nH]c(cc4nc(cc5[nH]c(cc1n2)c(CCC(=O)N(CC)CCCCNCCCCNCCCCNCC)c5C)C(CC)=C4C)c(CC)c3C. The molecule has 446 valence electrons. The molecular formula is C66H110N12O2. The highest BCUT2D eigenvalue weighted by molar-refractivity contribution is 5.95. The van der Waals surface area contributed by atoms with Gasteiger partial charge in [0.2, 0.25) is 11.8 Å². The molecule has 5 heterocycles. The molecule has 2 aliphatic heterocycles. The molecule has 0 aliphatic carbocycles. The van der Waals surface area contributed by atoms with Crippen LogP contribution in [0.5, 0.6) is 0 Å². The Kier molecular flexibility index (Phi) is 30.9. The number of hydrogen-bond donors (Lipinski definition) is 8. The molecule has 2 amide bonds. The fourth-order valence-corrected chi connectivity index (χ4v) is 11.4. The van der Waals surface area contributed by atoms with E-state index in [0.29, 0.717) is 38.8 Å². The van der Waals surface area contributed by atoms with Crippen molar-refractivity contribution in [2.24, 2.45) is 0 Å². The number of nitrogens with zero attached hydrogens (tertiary/aromatic N) is 4. The summed E-state index contributed by atoms with van der Waals surface area (Å²) in [7, 11) is 0. The van der Waals surface area contributed by atoms with Gasteiger partial charge in [-0.15, -0.1) is 0 Å². The largest absolute Gasteiger partial charge is 0.355 e. The van der Waals surface area contributed by atoms with Gasteiger partial charge in [0.25, 0.3) is 0 Å². The van der Waals surface area contributed by atoms with Crippen LogP contribution >= 0.6 is 0 Å². The number of nitrogens with one attached hydrogen (secondary N) is 8. The monoisotopic (exact) mass is 1100 g/mol. The number of hydrogen-bond acceptors (Lipinski definition) is 10. The predicted octanol–water partition coefficient (Wildman–Crippen LogP) is 11.4. The summed E-state index contributed by atoms with van der Waals surface area (Å²) in [4.78, 5) is 50.6. The number of aryl methyl sites for hydroxylation is 4. The van der Waals surface area contributed by atoms with Crippen molar-refractivity contribution in [1.29, 1.82) is 0 Å². The fourth-order valence-electron chi connectivity index (χ4n) is 11.4. The topological polar surface area (TPSA) is 170 Å². The number of unbranched alkanes of at least 4 members (excludes halogenated alkanes) is 6. The van der Waals surface area contributed by atoms with Crippen molar-refractivity contribution in [3.63, 3.8) is 0 Å². The van der Waals surface area contributed by atoms with Gasteiger partial charge in [0, 0.05) is 61.1 Å². The van der Waals surface area contributed by atoms with E-state index in [1.54, 1.807) is 0 Å². The molecule has 0 saturated carbocycles. The average molecular weight is 1100 g/mol. The third kappa shape index (κ3) is 20.9. The van der Waals surface area contributed by atoms with E-state index in [9.17, 15) is 9.59 Å². The first-order valence-corrected chi connectivity index (χ1v) is 31.9. The first-order valence-electron chi connectivity index (χ1n) is 31.9. The van der Waals surface area contributed by atoms with E-state index >= 15 is 0 Å². The van der Waals surface area contributed by atoms with Crippen molar-refractivity contribution in [2.45, 2.75) is 185 Å². The zero-order chi connectivity index (χ0) is 57.5. The molecule has 0 radical (unpaired) electrons. The van der Waals surface area contributed by atoms with Crippen molar-refractivity contribution in [3.05, 3.63) is 69.3 Å². The second-order valence-electron chi connectivity index (χ2n) is 22.3. The van der Waals surface area contributed by atoms with Gasteiger partial charge >= 0.3 is 0 Å². The minimum absolute atomic E-state index is 0.186. The van der Waals surface area contributed by atoms with Crippen molar-refractivity contribution in [2.75, 3.05) is 105 Å². The Morgan fingerprint density at radius 1 is 0.412 bits per heavy atom. The summed E-state index contributed by atoms with van der Waals surface area (Å²) in [5.74, 6) is 0.375. The zero-order valence-corrected chi connectivity index (χ0v) is 52.0. The molecule has 8 N–H and O–H groups in total. The summed E-state index contributed by atoms with van der Waals surface area (Å²) in [6.45, 7) is 37.3. The Morgan fingerprint density at radius 3 is 1.19 bits per heavy atom. The lowest BCUT2D eigenvalue weighted by Crippen LogP contribution is -2.32. The highest BCUT2D eigenvalue weighted by Gasteiger charge is 2.23. The van der Waals surface area contributed by atoms with E-state index in [1.807, 2.05) is 9.80 Å². The van der Waals surface area contributed by atoms with Crippen LogP contribution in [0.25, 0.3) is 44.4 Å². The van der Waals surface area contributed by atoms with Gasteiger partial charge in [-0.2, -0.15) is 0 Å². The Balaban J connectivity index is 1.29. The van der Waals surface area contributed by atoms with Crippen molar-refractivity contribution in [3.8, 4) is 0 Å². The quantitative estimate of drug-likeness (QED) is 0.0256. The van der Waals surface area contributed by atoms with Crippen molar-refractivity contribution < 1.29 is 9.59 Å². The predicted molar refractivity (Wildman–Crippen MR) is 341 cm³/mol. The molecule has 0 aromatic carbocycles. The average Bonchev–Trinajstić information content (AvgIpc) is 4.12. The van der Waals surface area contributed by atoms with Gasteiger partial charge in [-0.25, -0.2) is 9.97 Å². The van der Waals surface area contributed by atoms with Gasteiger partial charge in [0.05, 0.1) is 22.8 Å². The maximum absolute atomic E-state index is 14.1. The van der Waals surface area contributed by atoms with Crippen LogP contribution in [0.15, 0.2) is 24.3 Å². The molecule has 0 unspecified atom stereocenters. The summed E-state index contributed by atoms with van der Waals surface area (Å²) in [6, 6.07) is 8.83. The highest BCUT2D eigenvalue weighted by Crippen LogP contribution is 2.37. The normalized spacial score (nSPS) is 12.6. The molecule has 8 bridgehead atoms. The lowest BCUT2D eigenvalue weighted by molar-refractivity contribution is -0.131. The van der Waals surface area contributed by atoms with E-state index in [1.165, 1.54) is 73.6 Å². The second kappa shape index (κ2) is 37.4. The van der Waals surface area contributed by atoms with Crippen LogP contribution in [0.2, 0.25) is 0 Å². The number of aromatic amines is 2. The Morgan fingerprint density at radius 2 is 0.762 bits per heavy atom. The third-order valence-electron chi connectivity index (χ3n) is 16.5. The lowest BCUT2D eigenvalue weighted by atomic mass is 9.99. The number of carbonyl (C=O) groups is 2. The number of rotatable bonds is 42. The van der Waals surface area contributed by atoms with Crippen LogP contribution in [0.4, 0.5) is 0 Å². The van der Waals surface area contributed by atoms with Gasteiger partial charge in [-0.1, -0.05) is 27.7 Å². The molecule has 3 aromatic rings. The fraction of sp³-hybridized carbons (Fsp3) is 0.667. The summed E-state index contributed by atoms with van der Waals surface area (Å²) < 4.78 is 0. The molecule has 0 fully saturated rings. The lowest BCUT2D eigenvalue weighted by Gasteiger charge is -2.21. The van der Waals surface area contributed by atoms with Crippen molar-refractivity contribution >= 4 is 56.2 Å². The first-order chi connectivity index (χ1) is 39.0. The molecular weight excluding hydrogens is 993 g/mol. The number of allylic oxidation sites excluding steroid dienone is 4. The van der Waals surface area contributed by atoms with E-state index < -0.39 is 0 Å². The first kappa shape index (κ1) is 66.1. The van der Waals surface area contributed by atoms with Crippen LogP contribution < -0.4 is 31.9 Å². The zero-order valence-electron chi connectivity index (χ0n) is 52.0. The Hall–Kier alpha value is -4.70. The van der Waals surface area contributed by atoms with Gasteiger partial charge in [-0.3, -0.25) is 9.59 Å². The second-order valence-corrected chi connectivity index (χ2v) is 22.3. The smallest absolute Gasteiger partial charge is 0.222 e. The van der Waals surface area contributed by atoms with Crippen LogP contribution in [-0.2, 0) is 22.4 Å². The molecule has 14 heteroatoms. The molecule has 14 nitrogen and oxygen atoms in total. The third-order valence-corrected chi connectivity index (χ3v) is 16.5. The highest BCUT2D eigenvalue weighted by atomic mass is 16.2. The maximum Gasteiger partial charge on any atom is 0.222 e. The van der Waals surface area contributed by atoms with Gasteiger partial charge < -0.3 is 51.7 Å². The number of aromatic nitrogens is 4. The minimum Gasteiger partial charge on any atom is -0.355 e. The van der Waals surface area contributed by atoms with E-state index in [-0.39, 0.29) is 11.8 Å². The number of fused-ring (bicyclic) bond motifs is 8. The van der Waals surface area contributed by atoms with Gasteiger partial charge in [-0.05, 0) is 292 Å². The molecule has 0 spiro atoms. The van der Waals surface area contributed by atoms with Crippen molar-refractivity contribution in [1.82, 2.24) is 61.6 Å². The van der Waals surface area contributed by atoms with Gasteiger partial charge in [0.1, 0.15) is 0 Å². The number of carbonyl (C=O) groups excluding carboxylic acids is 2. The summed E-state index contributed by atoms with van der Waals surface area (Å²) in [5.41, 5.74) is 17.2. The van der Waals surface area contributed by atoms with E-state index in [0.717, 1.165) is 197 Å². The number of amides is 2. The Bertz CT molecular complexity index is 2570. The Labute approximate surface area is 484 Å². The molecule has 80 heavy (non-hydrogen) atoms. The minimum atomic E-state index is 0.186. The van der Waals surface area contributed by atoms with Crippen LogP contribution in [0.3, 0.4) is 0 Å². The standard InChI is InChI=1S/C66H110N12O2/c1-11-53-49(7)57-45-58-51(9)55(29-31-65(79)77(15-5)43-27-25-41-71-39-23-21-37-69-35-19-17-33-67-13-3)63(75-58)48-64-56(52(10)60(76-64)47-62-54(12-2)50(8)59(74-62)46-61(53)73-57)30-32-66(80)78(16-6)44-28-26-42-72-40-24-22-38-70-36-20-18-34-68-14-4/h45-48,67-73,76H,11-44H2,1-10H3. The maximum atomic E-state index is 14.1. The molecule has 0 saturated heterocycles. The van der Waals surface area contributed by atoms with Crippen LogP contribution in [-0.4, -0.2) is 146 Å². The summed E-state index contributed by atoms with van der Waals surface area (Å²) in [6.07, 6.45) is 17.5. The van der Waals surface area contributed by atoms with Crippen LogP contribution in [0.1, 0.15) is 203 Å².